The molecule has 0 bridgehead atoms. The van der Waals surface area contributed by atoms with Crippen LogP contribution in [0.2, 0.25) is 5.82 Å². The predicted octanol–water partition coefficient (Wildman–Crippen LogP) is 4.05. The van der Waals surface area contributed by atoms with Crippen LogP contribution in [0.5, 0.6) is 0 Å². The summed E-state index contributed by atoms with van der Waals surface area (Å²) in [6.45, 7) is 14.1. The number of nitrogen functional groups attached to an aromatic ring is 1. The molecule has 1 aliphatic heterocycles. The average molecular weight is 305 g/mol. The smallest absolute Gasteiger partial charge is 0.215 e. The third kappa shape index (κ3) is 2.31. The summed E-state index contributed by atoms with van der Waals surface area (Å²) >= 11 is 0. The minimum Gasteiger partial charge on any atom is -0.399 e. The molecular formula is C21H28BN. The molecule has 1 heterocycles. The van der Waals surface area contributed by atoms with E-state index in [-0.39, 0.29) is 5.41 Å². The minimum absolute atomic E-state index is 0.000939. The summed E-state index contributed by atoms with van der Waals surface area (Å²) in [5, 5.41) is 0. The Morgan fingerprint density at radius 1 is 0.913 bits per heavy atom. The molecule has 2 aromatic carbocycles. The molecule has 2 aromatic rings. The molecule has 0 radical (unpaired) electrons. The summed E-state index contributed by atoms with van der Waals surface area (Å²) in [5.41, 5.74) is 14.7. The van der Waals surface area contributed by atoms with Crippen molar-refractivity contribution in [3.63, 3.8) is 0 Å². The molecule has 23 heavy (non-hydrogen) atoms. The predicted molar refractivity (Wildman–Crippen MR) is 104 cm³/mol. The molecule has 0 spiro atoms. The first-order chi connectivity index (χ1) is 10.8. The zero-order chi connectivity index (χ0) is 16.9. The van der Waals surface area contributed by atoms with Crippen molar-refractivity contribution in [2.24, 2.45) is 0 Å². The normalized spacial score (nSPS) is 15.7. The van der Waals surface area contributed by atoms with Crippen LogP contribution in [0.3, 0.4) is 0 Å². The lowest BCUT2D eigenvalue weighted by atomic mass is 9.29. The van der Waals surface area contributed by atoms with Crippen LogP contribution in [0.1, 0.15) is 64.2 Å². The highest BCUT2D eigenvalue weighted by Gasteiger charge is 2.41. The highest BCUT2D eigenvalue weighted by Crippen LogP contribution is 2.37. The van der Waals surface area contributed by atoms with Gasteiger partial charge in [0.05, 0.1) is 0 Å². The summed E-state index contributed by atoms with van der Waals surface area (Å²) in [6.07, 6.45) is 0. The molecule has 0 aliphatic carbocycles. The van der Waals surface area contributed by atoms with Gasteiger partial charge in [-0.1, -0.05) is 89.2 Å². The maximum atomic E-state index is 6.71. The van der Waals surface area contributed by atoms with Crippen molar-refractivity contribution < 1.29 is 0 Å². The molecule has 1 aliphatic rings. The fourth-order valence-corrected chi connectivity index (χ4v) is 4.37. The van der Waals surface area contributed by atoms with Crippen molar-refractivity contribution in [3.8, 4) is 0 Å². The Bertz CT molecular complexity index is 744. The molecule has 0 saturated heterocycles. The van der Waals surface area contributed by atoms with Crippen LogP contribution < -0.4 is 16.7 Å². The zero-order valence-electron chi connectivity index (χ0n) is 15.3. The SMILES string of the molecule is CC(C)B1c2ccccc2C(C)(C)c2ccc(C(C)C)c(N)c21. The van der Waals surface area contributed by atoms with Gasteiger partial charge in [0.1, 0.15) is 0 Å². The fourth-order valence-electron chi connectivity index (χ4n) is 4.37. The minimum atomic E-state index is 0.000939. The lowest BCUT2D eigenvalue weighted by Crippen LogP contribution is -2.56. The fraction of sp³-hybridized carbons (Fsp3) is 0.429. The van der Waals surface area contributed by atoms with Gasteiger partial charge >= 0.3 is 0 Å². The lowest BCUT2D eigenvalue weighted by Gasteiger charge is -2.41. The quantitative estimate of drug-likeness (QED) is 0.657. The number of anilines is 1. The second-order valence-corrected chi connectivity index (χ2v) is 8.12. The van der Waals surface area contributed by atoms with Gasteiger partial charge in [0.25, 0.3) is 0 Å². The summed E-state index contributed by atoms with van der Waals surface area (Å²) < 4.78 is 0. The van der Waals surface area contributed by atoms with E-state index in [9.17, 15) is 0 Å². The Balaban J connectivity index is 2.37. The molecule has 2 N–H and O–H groups in total. The molecule has 120 valence electrons. The van der Waals surface area contributed by atoms with Crippen molar-refractivity contribution in [2.45, 2.75) is 58.7 Å². The second-order valence-electron chi connectivity index (χ2n) is 8.12. The molecule has 3 rings (SSSR count). The van der Waals surface area contributed by atoms with Gasteiger partial charge in [0.2, 0.25) is 6.71 Å². The van der Waals surface area contributed by atoms with Crippen LogP contribution in [-0.4, -0.2) is 6.71 Å². The van der Waals surface area contributed by atoms with Gasteiger partial charge in [-0.2, -0.15) is 0 Å². The van der Waals surface area contributed by atoms with Crippen LogP contribution in [-0.2, 0) is 5.41 Å². The highest BCUT2D eigenvalue weighted by atomic mass is 14.6. The van der Waals surface area contributed by atoms with E-state index in [1.807, 2.05) is 0 Å². The maximum absolute atomic E-state index is 6.71. The maximum Gasteiger partial charge on any atom is 0.215 e. The van der Waals surface area contributed by atoms with Gasteiger partial charge in [0, 0.05) is 11.1 Å². The van der Waals surface area contributed by atoms with E-state index in [4.69, 9.17) is 5.73 Å². The van der Waals surface area contributed by atoms with E-state index in [0.29, 0.717) is 18.4 Å². The van der Waals surface area contributed by atoms with E-state index in [1.54, 1.807) is 0 Å². The molecule has 0 fully saturated rings. The number of rotatable bonds is 2. The first-order valence-electron chi connectivity index (χ1n) is 8.79. The molecule has 1 nitrogen and oxygen atoms in total. The molecule has 0 saturated carbocycles. The number of hydrogen-bond acceptors (Lipinski definition) is 1. The van der Waals surface area contributed by atoms with Crippen molar-refractivity contribution in [2.75, 3.05) is 5.73 Å². The first-order valence-corrected chi connectivity index (χ1v) is 8.79. The molecule has 2 heteroatoms. The van der Waals surface area contributed by atoms with E-state index >= 15 is 0 Å². The van der Waals surface area contributed by atoms with Crippen LogP contribution in [0, 0.1) is 0 Å². The topological polar surface area (TPSA) is 26.0 Å². The Morgan fingerprint density at radius 2 is 1.57 bits per heavy atom. The average Bonchev–Trinajstić information content (AvgIpc) is 2.48. The lowest BCUT2D eigenvalue weighted by molar-refractivity contribution is 0.644. The molecule has 0 amide bonds. The third-order valence-corrected chi connectivity index (χ3v) is 5.56. The standard InChI is InChI=1S/C21H28BN/c1-13(2)15-11-12-17-19(20(15)23)22(14(3)4)18-10-8-7-9-16(18)21(17,5)6/h7-14H,23H2,1-6H3. The van der Waals surface area contributed by atoms with Gasteiger partial charge in [-0.15, -0.1) is 0 Å². The van der Waals surface area contributed by atoms with Gasteiger partial charge in [0.15, 0.2) is 0 Å². The highest BCUT2D eigenvalue weighted by molar-refractivity contribution is 6.88. The number of hydrogen-bond donors (Lipinski definition) is 1. The van der Waals surface area contributed by atoms with E-state index in [0.717, 1.165) is 5.69 Å². The molecular weight excluding hydrogens is 277 g/mol. The number of fused-ring (bicyclic) bond motifs is 2. The van der Waals surface area contributed by atoms with Gasteiger partial charge < -0.3 is 5.73 Å². The molecule has 0 unspecified atom stereocenters. The van der Waals surface area contributed by atoms with Crippen LogP contribution in [0.4, 0.5) is 5.69 Å². The Hall–Kier alpha value is -1.70. The summed E-state index contributed by atoms with van der Waals surface area (Å²) in [6, 6.07) is 13.5. The summed E-state index contributed by atoms with van der Waals surface area (Å²) in [7, 11) is 0. The third-order valence-electron chi connectivity index (χ3n) is 5.56. The van der Waals surface area contributed by atoms with Crippen LogP contribution in [0.15, 0.2) is 36.4 Å². The van der Waals surface area contributed by atoms with E-state index in [1.165, 1.54) is 27.6 Å². The Labute approximate surface area is 141 Å². The van der Waals surface area contributed by atoms with Gasteiger partial charge in [-0.3, -0.25) is 0 Å². The van der Waals surface area contributed by atoms with Gasteiger partial charge in [-0.05, 0) is 28.1 Å². The van der Waals surface area contributed by atoms with Crippen molar-refractivity contribution >= 4 is 23.3 Å². The zero-order valence-corrected chi connectivity index (χ0v) is 15.3. The van der Waals surface area contributed by atoms with Crippen molar-refractivity contribution in [1.82, 2.24) is 0 Å². The molecule has 0 aromatic heterocycles. The summed E-state index contributed by atoms with van der Waals surface area (Å²) in [4.78, 5) is 0. The van der Waals surface area contributed by atoms with Crippen LogP contribution >= 0.6 is 0 Å². The second kappa shape index (κ2) is 5.44. The largest absolute Gasteiger partial charge is 0.399 e. The summed E-state index contributed by atoms with van der Waals surface area (Å²) in [5.74, 6) is 0.976. The Kier molecular flexibility index (Phi) is 3.82. The number of benzene rings is 2. The van der Waals surface area contributed by atoms with Crippen molar-refractivity contribution in [3.05, 3.63) is 53.1 Å². The van der Waals surface area contributed by atoms with E-state index < -0.39 is 0 Å². The van der Waals surface area contributed by atoms with Crippen molar-refractivity contribution in [1.29, 1.82) is 0 Å². The van der Waals surface area contributed by atoms with E-state index in [2.05, 4.69) is 77.9 Å². The number of nitrogens with two attached hydrogens (primary N) is 1. The first kappa shape index (κ1) is 16.2. The molecule has 0 atom stereocenters. The van der Waals surface area contributed by atoms with Gasteiger partial charge in [-0.25, -0.2) is 0 Å². The van der Waals surface area contributed by atoms with Crippen LogP contribution in [0.25, 0.3) is 0 Å². The Morgan fingerprint density at radius 3 is 2.17 bits per heavy atom. The monoisotopic (exact) mass is 305 g/mol.